The first kappa shape index (κ1) is 16.4. The number of fused-ring (bicyclic) bond motifs is 1. The standard InChI is InChI=1S/C17H18N4O2S2/c22-16(20-6-8-21(9-7-20)17-18-5-10-24-17)12-23-11-15-19-13-3-1-2-4-14(13)25-15/h1-5,10H,6-9,11-12H2. The van der Waals surface area contributed by atoms with Crippen LogP contribution in [0.25, 0.3) is 10.2 Å². The molecule has 130 valence electrons. The molecule has 0 bridgehead atoms. The van der Waals surface area contributed by atoms with E-state index in [1.165, 1.54) is 0 Å². The van der Waals surface area contributed by atoms with Crippen molar-refractivity contribution >= 4 is 43.9 Å². The first-order chi connectivity index (χ1) is 12.3. The minimum absolute atomic E-state index is 0.0416. The SMILES string of the molecule is O=C(COCc1nc2ccccc2s1)N1CCN(c2nccs2)CC1. The fraction of sp³-hybridized carbons (Fsp3) is 0.353. The van der Waals surface area contributed by atoms with Crippen LogP contribution in [-0.4, -0.2) is 53.6 Å². The van der Waals surface area contributed by atoms with Crippen LogP contribution in [0.15, 0.2) is 35.8 Å². The molecular weight excluding hydrogens is 356 g/mol. The molecule has 8 heteroatoms. The second-order valence-electron chi connectivity index (χ2n) is 5.75. The van der Waals surface area contributed by atoms with Crippen molar-refractivity contribution in [2.45, 2.75) is 6.61 Å². The summed E-state index contributed by atoms with van der Waals surface area (Å²) in [5, 5.41) is 3.91. The van der Waals surface area contributed by atoms with Gasteiger partial charge in [0, 0.05) is 37.8 Å². The van der Waals surface area contributed by atoms with Gasteiger partial charge in [-0.15, -0.1) is 22.7 Å². The van der Waals surface area contributed by atoms with Gasteiger partial charge in [-0.1, -0.05) is 12.1 Å². The maximum absolute atomic E-state index is 12.3. The molecule has 1 saturated heterocycles. The molecule has 0 atom stereocenters. The number of aromatic nitrogens is 2. The highest BCUT2D eigenvalue weighted by molar-refractivity contribution is 7.18. The molecule has 1 aliphatic rings. The lowest BCUT2D eigenvalue weighted by atomic mass is 10.3. The van der Waals surface area contributed by atoms with Gasteiger partial charge in [-0.05, 0) is 12.1 Å². The number of nitrogens with zero attached hydrogens (tertiary/aromatic N) is 4. The number of carbonyl (C=O) groups excluding carboxylic acids is 1. The first-order valence-corrected chi connectivity index (χ1v) is 9.83. The maximum Gasteiger partial charge on any atom is 0.248 e. The lowest BCUT2D eigenvalue weighted by molar-refractivity contribution is -0.136. The third kappa shape index (κ3) is 3.81. The van der Waals surface area contributed by atoms with Crippen LogP contribution in [0.1, 0.15) is 5.01 Å². The Morgan fingerprint density at radius 2 is 2.04 bits per heavy atom. The van der Waals surface area contributed by atoms with Gasteiger partial charge in [-0.25, -0.2) is 9.97 Å². The van der Waals surface area contributed by atoms with E-state index in [-0.39, 0.29) is 12.5 Å². The lowest BCUT2D eigenvalue weighted by Gasteiger charge is -2.34. The number of piperazine rings is 1. The molecular formula is C17H18N4O2S2. The quantitative estimate of drug-likeness (QED) is 0.687. The highest BCUT2D eigenvalue weighted by Gasteiger charge is 2.22. The Morgan fingerprint density at radius 3 is 2.80 bits per heavy atom. The van der Waals surface area contributed by atoms with Crippen molar-refractivity contribution in [1.82, 2.24) is 14.9 Å². The third-order valence-electron chi connectivity index (χ3n) is 4.11. The molecule has 1 fully saturated rings. The van der Waals surface area contributed by atoms with Crippen molar-refractivity contribution in [3.05, 3.63) is 40.8 Å². The van der Waals surface area contributed by atoms with Gasteiger partial charge in [0.2, 0.25) is 5.91 Å². The highest BCUT2D eigenvalue weighted by Crippen LogP contribution is 2.22. The second-order valence-corrected chi connectivity index (χ2v) is 7.74. The molecule has 0 N–H and O–H groups in total. The van der Waals surface area contributed by atoms with Gasteiger partial charge >= 0.3 is 0 Å². The zero-order valence-corrected chi connectivity index (χ0v) is 15.3. The number of hydrogen-bond donors (Lipinski definition) is 0. The molecule has 3 aromatic rings. The molecule has 4 rings (SSSR count). The molecule has 0 radical (unpaired) electrons. The van der Waals surface area contributed by atoms with E-state index in [9.17, 15) is 4.79 Å². The van der Waals surface area contributed by atoms with Crippen LogP contribution in [0.3, 0.4) is 0 Å². The zero-order valence-electron chi connectivity index (χ0n) is 13.6. The summed E-state index contributed by atoms with van der Waals surface area (Å²) in [6.45, 7) is 3.54. The fourth-order valence-electron chi connectivity index (χ4n) is 2.82. The van der Waals surface area contributed by atoms with E-state index in [1.807, 2.05) is 40.7 Å². The van der Waals surface area contributed by atoms with E-state index >= 15 is 0 Å². The largest absolute Gasteiger partial charge is 0.364 e. The van der Waals surface area contributed by atoms with E-state index in [1.54, 1.807) is 22.7 Å². The van der Waals surface area contributed by atoms with Crippen LogP contribution in [0.5, 0.6) is 0 Å². The second kappa shape index (κ2) is 7.47. The maximum atomic E-state index is 12.3. The van der Waals surface area contributed by atoms with Gasteiger partial charge in [0.1, 0.15) is 11.6 Å². The predicted molar refractivity (Wildman–Crippen MR) is 100 cm³/mol. The smallest absolute Gasteiger partial charge is 0.248 e. The van der Waals surface area contributed by atoms with Crippen molar-refractivity contribution in [2.24, 2.45) is 0 Å². The summed E-state index contributed by atoms with van der Waals surface area (Å²) < 4.78 is 6.74. The monoisotopic (exact) mass is 374 g/mol. The van der Waals surface area contributed by atoms with Crippen LogP contribution in [0.4, 0.5) is 5.13 Å². The van der Waals surface area contributed by atoms with E-state index in [0.29, 0.717) is 19.7 Å². The van der Waals surface area contributed by atoms with Gasteiger partial charge in [0.05, 0.1) is 16.8 Å². The number of benzene rings is 1. The molecule has 1 aliphatic heterocycles. The molecule has 0 unspecified atom stereocenters. The van der Waals surface area contributed by atoms with Crippen molar-refractivity contribution < 1.29 is 9.53 Å². The molecule has 0 aliphatic carbocycles. The number of ether oxygens (including phenoxy) is 1. The number of para-hydroxylation sites is 1. The van der Waals surface area contributed by atoms with Crippen LogP contribution in [0, 0.1) is 0 Å². The van der Waals surface area contributed by atoms with Crippen LogP contribution >= 0.6 is 22.7 Å². The summed E-state index contributed by atoms with van der Waals surface area (Å²) in [6.07, 6.45) is 1.81. The molecule has 0 saturated carbocycles. The molecule has 0 spiro atoms. The van der Waals surface area contributed by atoms with Crippen molar-refractivity contribution in [1.29, 1.82) is 0 Å². The van der Waals surface area contributed by atoms with Crippen molar-refractivity contribution in [2.75, 3.05) is 37.7 Å². The van der Waals surface area contributed by atoms with E-state index in [2.05, 4.69) is 14.9 Å². The highest BCUT2D eigenvalue weighted by atomic mass is 32.1. The summed E-state index contributed by atoms with van der Waals surface area (Å²) in [4.78, 5) is 25.2. The number of rotatable bonds is 5. The normalized spacial score (nSPS) is 15.0. The molecule has 6 nitrogen and oxygen atoms in total. The Bertz CT molecular complexity index is 808. The Kier molecular flexibility index (Phi) is 4.91. The Balaban J connectivity index is 1.24. The Morgan fingerprint density at radius 1 is 1.20 bits per heavy atom. The summed E-state index contributed by atoms with van der Waals surface area (Å²) in [6, 6.07) is 8.01. The molecule has 2 aromatic heterocycles. The third-order valence-corrected chi connectivity index (χ3v) is 5.95. The van der Waals surface area contributed by atoms with Crippen molar-refractivity contribution in [3.63, 3.8) is 0 Å². The topological polar surface area (TPSA) is 58.6 Å². The molecule has 3 heterocycles. The lowest BCUT2D eigenvalue weighted by Crippen LogP contribution is -2.49. The Hall–Kier alpha value is -2.03. The number of amides is 1. The minimum atomic E-state index is 0.0416. The van der Waals surface area contributed by atoms with E-state index < -0.39 is 0 Å². The van der Waals surface area contributed by atoms with Crippen LogP contribution in [0.2, 0.25) is 0 Å². The molecule has 1 aromatic carbocycles. The van der Waals surface area contributed by atoms with E-state index in [0.717, 1.165) is 33.4 Å². The van der Waals surface area contributed by atoms with E-state index in [4.69, 9.17) is 4.74 Å². The zero-order chi connectivity index (χ0) is 17.1. The predicted octanol–water partition coefficient (Wildman–Crippen LogP) is 2.62. The van der Waals surface area contributed by atoms with Gasteiger partial charge in [0.25, 0.3) is 0 Å². The van der Waals surface area contributed by atoms with Gasteiger partial charge in [-0.3, -0.25) is 4.79 Å². The molecule has 1 amide bonds. The fourth-order valence-corrected chi connectivity index (χ4v) is 4.42. The van der Waals surface area contributed by atoms with Crippen LogP contribution in [-0.2, 0) is 16.1 Å². The average molecular weight is 374 g/mol. The Labute approximate surface area is 153 Å². The minimum Gasteiger partial charge on any atom is -0.364 e. The summed E-state index contributed by atoms with van der Waals surface area (Å²) in [5.41, 5.74) is 0.982. The summed E-state index contributed by atoms with van der Waals surface area (Å²) >= 11 is 3.24. The summed E-state index contributed by atoms with van der Waals surface area (Å²) in [7, 11) is 0. The van der Waals surface area contributed by atoms with Crippen LogP contribution < -0.4 is 4.90 Å². The molecule has 25 heavy (non-hydrogen) atoms. The van der Waals surface area contributed by atoms with Crippen molar-refractivity contribution in [3.8, 4) is 0 Å². The van der Waals surface area contributed by atoms with Gasteiger partial charge in [0.15, 0.2) is 5.13 Å². The number of carbonyl (C=O) groups is 1. The van der Waals surface area contributed by atoms with Gasteiger partial charge in [-0.2, -0.15) is 0 Å². The average Bonchev–Trinajstić information content (AvgIpc) is 3.31. The van der Waals surface area contributed by atoms with Gasteiger partial charge < -0.3 is 14.5 Å². The number of anilines is 1. The summed E-state index contributed by atoms with van der Waals surface area (Å²) in [5.74, 6) is 0.0416. The first-order valence-electron chi connectivity index (χ1n) is 8.14. The number of thiazole rings is 2. The number of hydrogen-bond acceptors (Lipinski definition) is 7.